The Morgan fingerprint density at radius 3 is 2.48 bits per heavy atom. The highest BCUT2D eigenvalue weighted by molar-refractivity contribution is 5.91. The van der Waals surface area contributed by atoms with Crippen LogP contribution in [0, 0.1) is 11.3 Å². The molecule has 2 heterocycles. The molecule has 1 aliphatic heterocycles. The summed E-state index contributed by atoms with van der Waals surface area (Å²) in [5, 5.41) is 7.87. The fourth-order valence-corrected chi connectivity index (χ4v) is 2.01. The summed E-state index contributed by atoms with van der Waals surface area (Å²) >= 11 is 0. The zero-order valence-electron chi connectivity index (χ0n) is 12.4. The summed E-state index contributed by atoms with van der Waals surface area (Å²) in [5.74, 6) is 0.672. The first-order chi connectivity index (χ1) is 9.58. The van der Waals surface area contributed by atoms with Crippen LogP contribution in [0.2, 0.25) is 0 Å². The molecule has 1 saturated heterocycles. The Morgan fingerprint density at radius 2 is 1.95 bits per heavy atom. The summed E-state index contributed by atoms with van der Waals surface area (Å²) in [6.45, 7) is 7.03. The fourth-order valence-electron chi connectivity index (χ4n) is 2.01. The van der Waals surface area contributed by atoms with Crippen LogP contribution in [0.4, 0.5) is 0 Å². The summed E-state index contributed by atoms with van der Waals surface area (Å²) in [4.78, 5) is 15.7. The molecule has 1 amide bonds. The quantitative estimate of drug-likeness (QED) is 0.685. The van der Waals surface area contributed by atoms with Crippen molar-refractivity contribution in [3.63, 3.8) is 0 Å². The van der Waals surface area contributed by atoms with E-state index in [1.807, 2.05) is 18.7 Å². The van der Waals surface area contributed by atoms with Gasteiger partial charge in [0.15, 0.2) is 5.76 Å². The number of carbonyl (C=O) groups is 1. The molecule has 0 aliphatic carbocycles. The lowest BCUT2D eigenvalue weighted by Crippen LogP contribution is -2.51. The van der Waals surface area contributed by atoms with Gasteiger partial charge >= 0.3 is 0 Å². The highest BCUT2D eigenvalue weighted by Gasteiger charge is 2.25. The number of rotatable bonds is 3. The molecule has 118 valence electrons. The van der Waals surface area contributed by atoms with Crippen molar-refractivity contribution in [2.24, 2.45) is 5.92 Å². The van der Waals surface area contributed by atoms with Gasteiger partial charge in [0.05, 0.1) is 12.9 Å². The summed E-state index contributed by atoms with van der Waals surface area (Å²) in [7, 11) is 0. The van der Waals surface area contributed by atoms with Gasteiger partial charge in [0.2, 0.25) is 0 Å². The molecule has 21 heavy (non-hydrogen) atoms. The first kappa shape index (κ1) is 17.4. The van der Waals surface area contributed by atoms with Crippen LogP contribution >= 0.6 is 12.4 Å². The highest BCUT2D eigenvalue weighted by Crippen LogP contribution is 2.10. The molecule has 0 saturated carbocycles. The Hall–Kier alpha value is -1.69. The lowest BCUT2D eigenvalue weighted by molar-refractivity contribution is 0.0634. The highest BCUT2D eigenvalue weighted by atomic mass is 35.5. The van der Waals surface area contributed by atoms with Crippen LogP contribution in [0.15, 0.2) is 22.8 Å². The number of amidine groups is 1. The molecule has 6 nitrogen and oxygen atoms in total. The molecule has 2 rings (SSSR count). The molecule has 0 radical (unpaired) electrons. The number of halogens is 1. The molecule has 1 aliphatic rings. The minimum Gasteiger partial charge on any atom is -0.465 e. The number of nitrogens with one attached hydrogen (secondary N) is 1. The van der Waals surface area contributed by atoms with Crippen molar-refractivity contribution in [1.29, 1.82) is 5.41 Å². The van der Waals surface area contributed by atoms with Crippen LogP contribution in [-0.2, 0) is 4.74 Å². The lowest BCUT2D eigenvalue weighted by Gasteiger charge is -2.35. The third kappa shape index (κ3) is 4.67. The van der Waals surface area contributed by atoms with E-state index in [4.69, 9.17) is 14.6 Å². The van der Waals surface area contributed by atoms with Crippen LogP contribution in [-0.4, -0.2) is 54.5 Å². The van der Waals surface area contributed by atoms with Gasteiger partial charge in [-0.25, -0.2) is 0 Å². The summed E-state index contributed by atoms with van der Waals surface area (Å²) in [5.41, 5.74) is 0. The number of piperazine rings is 1. The first-order valence-electron chi connectivity index (χ1n) is 6.87. The van der Waals surface area contributed by atoms with Gasteiger partial charge in [0.1, 0.15) is 0 Å². The number of hydrogen-bond acceptors (Lipinski definition) is 4. The van der Waals surface area contributed by atoms with Crippen LogP contribution in [0.1, 0.15) is 24.4 Å². The standard InChI is InChI=1S/C14H21N3O3.ClH/c1-11(2)10-20-14(15)17-7-5-16(6-8-17)13(18)12-4-3-9-19-12;/h3-4,9,11,15H,5-8,10H2,1-2H3;1H. The summed E-state index contributed by atoms with van der Waals surface area (Å²) in [6.07, 6.45) is 1.50. The van der Waals surface area contributed by atoms with E-state index >= 15 is 0 Å². The van der Waals surface area contributed by atoms with Crippen molar-refractivity contribution in [1.82, 2.24) is 9.80 Å². The molecule has 0 unspecified atom stereocenters. The molecule has 1 fully saturated rings. The molecular formula is C14H22ClN3O3. The van der Waals surface area contributed by atoms with Gasteiger partial charge < -0.3 is 19.0 Å². The second-order valence-corrected chi connectivity index (χ2v) is 5.27. The number of carbonyl (C=O) groups excluding carboxylic acids is 1. The van der Waals surface area contributed by atoms with E-state index in [1.54, 1.807) is 17.0 Å². The Kier molecular flexibility index (Phi) is 6.55. The van der Waals surface area contributed by atoms with Crippen molar-refractivity contribution in [2.75, 3.05) is 32.8 Å². The Labute approximate surface area is 131 Å². The zero-order chi connectivity index (χ0) is 14.5. The maximum atomic E-state index is 12.1. The van der Waals surface area contributed by atoms with Gasteiger partial charge in [-0.15, -0.1) is 12.4 Å². The number of hydrogen-bond donors (Lipinski definition) is 1. The normalized spacial score (nSPS) is 14.8. The number of furan rings is 1. The molecule has 1 aromatic rings. The largest absolute Gasteiger partial charge is 0.465 e. The predicted molar refractivity (Wildman–Crippen MR) is 81.9 cm³/mol. The monoisotopic (exact) mass is 315 g/mol. The van der Waals surface area contributed by atoms with E-state index in [2.05, 4.69) is 0 Å². The van der Waals surface area contributed by atoms with Crippen LogP contribution < -0.4 is 0 Å². The summed E-state index contributed by atoms with van der Waals surface area (Å²) < 4.78 is 10.5. The molecule has 0 atom stereocenters. The Morgan fingerprint density at radius 1 is 1.33 bits per heavy atom. The van der Waals surface area contributed by atoms with Crippen molar-refractivity contribution in [3.8, 4) is 0 Å². The second-order valence-electron chi connectivity index (χ2n) is 5.27. The minimum absolute atomic E-state index is 0. The molecular weight excluding hydrogens is 294 g/mol. The average molecular weight is 316 g/mol. The molecule has 0 spiro atoms. The maximum Gasteiger partial charge on any atom is 0.289 e. The maximum absolute atomic E-state index is 12.1. The smallest absolute Gasteiger partial charge is 0.289 e. The molecule has 1 aromatic heterocycles. The van der Waals surface area contributed by atoms with Gasteiger partial charge in [-0.3, -0.25) is 10.2 Å². The van der Waals surface area contributed by atoms with E-state index in [0.29, 0.717) is 44.5 Å². The summed E-state index contributed by atoms with van der Waals surface area (Å²) in [6, 6.07) is 3.57. The van der Waals surface area contributed by atoms with E-state index in [-0.39, 0.29) is 24.3 Å². The van der Waals surface area contributed by atoms with Gasteiger partial charge in [-0.2, -0.15) is 0 Å². The van der Waals surface area contributed by atoms with Crippen LogP contribution in [0.25, 0.3) is 0 Å². The topological polar surface area (TPSA) is 69.8 Å². The predicted octanol–water partition coefficient (Wildman–Crippen LogP) is 2.07. The Bertz CT molecular complexity index is 454. The second kappa shape index (κ2) is 7.93. The number of nitrogens with zero attached hydrogens (tertiary/aromatic N) is 2. The van der Waals surface area contributed by atoms with Crippen molar-refractivity contribution < 1.29 is 13.9 Å². The van der Waals surface area contributed by atoms with E-state index in [0.717, 1.165) is 0 Å². The molecule has 1 N–H and O–H groups in total. The minimum atomic E-state index is -0.0933. The van der Waals surface area contributed by atoms with Crippen molar-refractivity contribution in [2.45, 2.75) is 13.8 Å². The molecule has 7 heteroatoms. The van der Waals surface area contributed by atoms with E-state index < -0.39 is 0 Å². The Balaban J connectivity index is 0.00000220. The number of amides is 1. The van der Waals surface area contributed by atoms with Gasteiger partial charge in [0, 0.05) is 26.2 Å². The van der Waals surface area contributed by atoms with Gasteiger partial charge in [-0.1, -0.05) is 13.8 Å². The van der Waals surface area contributed by atoms with Crippen LogP contribution in [0.5, 0.6) is 0 Å². The molecule has 0 bridgehead atoms. The van der Waals surface area contributed by atoms with Crippen LogP contribution in [0.3, 0.4) is 0 Å². The van der Waals surface area contributed by atoms with Crippen molar-refractivity contribution in [3.05, 3.63) is 24.2 Å². The zero-order valence-corrected chi connectivity index (χ0v) is 13.2. The third-order valence-electron chi connectivity index (χ3n) is 3.14. The molecule has 0 aromatic carbocycles. The van der Waals surface area contributed by atoms with Gasteiger partial charge in [0.25, 0.3) is 11.9 Å². The SMILES string of the molecule is CC(C)COC(=N)N1CCN(C(=O)c2ccco2)CC1.Cl. The van der Waals surface area contributed by atoms with E-state index in [1.165, 1.54) is 6.26 Å². The van der Waals surface area contributed by atoms with Gasteiger partial charge in [-0.05, 0) is 18.1 Å². The average Bonchev–Trinajstić information content (AvgIpc) is 2.98. The number of ether oxygens (including phenoxy) is 1. The lowest BCUT2D eigenvalue weighted by atomic mass is 10.2. The third-order valence-corrected chi connectivity index (χ3v) is 3.14. The fraction of sp³-hybridized carbons (Fsp3) is 0.571. The first-order valence-corrected chi connectivity index (χ1v) is 6.87. The van der Waals surface area contributed by atoms with Crippen molar-refractivity contribution >= 4 is 24.3 Å². The van der Waals surface area contributed by atoms with E-state index in [9.17, 15) is 4.79 Å².